The van der Waals surface area contributed by atoms with Crippen LogP contribution in [-0.2, 0) is 0 Å². The van der Waals surface area contributed by atoms with E-state index in [1.807, 2.05) is 13.0 Å². The highest BCUT2D eigenvalue weighted by molar-refractivity contribution is 6.31. The summed E-state index contributed by atoms with van der Waals surface area (Å²) in [5.41, 5.74) is 1.56. The fraction of sp³-hybridized carbons (Fsp3) is 0.0833. The van der Waals surface area contributed by atoms with E-state index in [1.165, 1.54) is 12.1 Å². The van der Waals surface area contributed by atoms with Gasteiger partial charge in [-0.1, -0.05) is 17.7 Å². The van der Waals surface area contributed by atoms with Gasteiger partial charge in [-0.25, -0.2) is 0 Å². The van der Waals surface area contributed by atoms with E-state index in [-0.39, 0.29) is 16.9 Å². The first kappa shape index (κ1) is 12.0. The van der Waals surface area contributed by atoms with Crippen molar-refractivity contribution in [1.82, 2.24) is 0 Å². The highest BCUT2D eigenvalue weighted by Gasteiger charge is 2.11. The molecule has 1 heterocycles. The number of hydrogen-bond acceptors (Lipinski definition) is 2. The molecule has 0 aliphatic rings. The number of carbonyl (C=O) groups excluding carboxylic acids is 1. The largest absolute Gasteiger partial charge is 0.440 e. The SMILES string of the molecule is Cc1ccc(NC(=O)c2ccc(Cl)o2)cc1Cl. The Morgan fingerprint density at radius 1 is 1.24 bits per heavy atom. The number of nitrogens with one attached hydrogen (secondary N) is 1. The topological polar surface area (TPSA) is 42.2 Å². The molecule has 0 saturated heterocycles. The van der Waals surface area contributed by atoms with E-state index in [4.69, 9.17) is 27.6 Å². The Labute approximate surface area is 108 Å². The van der Waals surface area contributed by atoms with Crippen molar-refractivity contribution in [3.8, 4) is 0 Å². The van der Waals surface area contributed by atoms with Crippen molar-refractivity contribution in [3.63, 3.8) is 0 Å². The molecule has 2 rings (SSSR count). The van der Waals surface area contributed by atoms with Gasteiger partial charge in [-0.15, -0.1) is 0 Å². The summed E-state index contributed by atoms with van der Waals surface area (Å²) in [5.74, 6) is -0.205. The molecule has 1 aromatic heterocycles. The van der Waals surface area contributed by atoms with Gasteiger partial charge in [0.1, 0.15) is 0 Å². The van der Waals surface area contributed by atoms with Crippen LogP contribution in [0.4, 0.5) is 5.69 Å². The van der Waals surface area contributed by atoms with Crippen LogP contribution in [0.1, 0.15) is 16.1 Å². The monoisotopic (exact) mass is 269 g/mol. The summed E-state index contributed by atoms with van der Waals surface area (Å²) in [6.45, 7) is 1.89. The molecule has 1 amide bonds. The van der Waals surface area contributed by atoms with Crippen molar-refractivity contribution >= 4 is 34.8 Å². The summed E-state index contributed by atoms with van der Waals surface area (Å²) >= 11 is 11.5. The van der Waals surface area contributed by atoms with Crippen LogP contribution in [0.5, 0.6) is 0 Å². The minimum absolute atomic E-state index is 0.159. The number of halogens is 2. The van der Waals surface area contributed by atoms with E-state index >= 15 is 0 Å². The van der Waals surface area contributed by atoms with Crippen LogP contribution in [-0.4, -0.2) is 5.91 Å². The standard InChI is InChI=1S/C12H9Cl2NO2/c1-7-2-3-8(6-9(7)13)15-12(16)10-4-5-11(14)17-10/h2-6H,1H3,(H,15,16). The maximum absolute atomic E-state index is 11.7. The second-order valence-corrected chi connectivity index (χ2v) is 4.30. The van der Waals surface area contributed by atoms with E-state index in [2.05, 4.69) is 5.32 Å². The molecule has 0 unspecified atom stereocenters. The van der Waals surface area contributed by atoms with Gasteiger partial charge in [0, 0.05) is 10.7 Å². The van der Waals surface area contributed by atoms with Gasteiger partial charge in [0.05, 0.1) is 0 Å². The Kier molecular flexibility index (Phi) is 3.41. The number of aryl methyl sites for hydroxylation is 1. The third kappa shape index (κ3) is 2.81. The van der Waals surface area contributed by atoms with Crippen molar-refractivity contribution < 1.29 is 9.21 Å². The molecule has 0 aliphatic carbocycles. The number of amides is 1. The van der Waals surface area contributed by atoms with Gasteiger partial charge in [0.25, 0.3) is 5.91 Å². The predicted molar refractivity (Wildman–Crippen MR) is 67.9 cm³/mol. The summed E-state index contributed by atoms with van der Waals surface area (Å²) in [7, 11) is 0. The van der Waals surface area contributed by atoms with Gasteiger partial charge < -0.3 is 9.73 Å². The van der Waals surface area contributed by atoms with Crippen LogP contribution in [0.3, 0.4) is 0 Å². The summed E-state index contributed by atoms with van der Waals surface area (Å²) in [4.78, 5) is 11.7. The zero-order valence-electron chi connectivity index (χ0n) is 8.96. The van der Waals surface area contributed by atoms with Crippen LogP contribution in [0.15, 0.2) is 34.7 Å². The van der Waals surface area contributed by atoms with Gasteiger partial charge in [-0.2, -0.15) is 0 Å². The fourth-order valence-electron chi connectivity index (χ4n) is 1.30. The summed E-state index contributed by atoms with van der Waals surface area (Å²) in [5, 5.41) is 3.44. The van der Waals surface area contributed by atoms with Crippen LogP contribution in [0.25, 0.3) is 0 Å². The lowest BCUT2D eigenvalue weighted by Crippen LogP contribution is -2.10. The average Bonchev–Trinajstić information content (AvgIpc) is 2.70. The average molecular weight is 270 g/mol. The minimum Gasteiger partial charge on any atom is -0.440 e. The molecule has 0 aliphatic heterocycles. The number of carbonyl (C=O) groups is 1. The molecular weight excluding hydrogens is 261 g/mol. The fourth-order valence-corrected chi connectivity index (χ4v) is 1.63. The van der Waals surface area contributed by atoms with Crippen LogP contribution in [0.2, 0.25) is 10.2 Å². The number of benzene rings is 1. The van der Waals surface area contributed by atoms with Gasteiger partial charge in [0.15, 0.2) is 11.0 Å². The van der Waals surface area contributed by atoms with Crippen LogP contribution < -0.4 is 5.32 Å². The van der Waals surface area contributed by atoms with Crippen molar-refractivity contribution in [2.24, 2.45) is 0 Å². The first-order valence-corrected chi connectivity index (χ1v) is 5.64. The lowest BCUT2D eigenvalue weighted by atomic mass is 10.2. The quantitative estimate of drug-likeness (QED) is 0.890. The third-order valence-electron chi connectivity index (χ3n) is 2.23. The normalized spacial score (nSPS) is 10.3. The molecule has 0 radical (unpaired) electrons. The molecule has 2 aromatic rings. The molecule has 0 fully saturated rings. The Hall–Kier alpha value is -1.45. The number of hydrogen-bond donors (Lipinski definition) is 1. The van der Waals surface area contributed by atoms with Crippen molar-refractivity contribution in [1.29, 1.82) is 0 Å². The Morgan fingerprint density at radius 3 is 2.59 bits per heavy atom. The molecule has 5 heteroatoms. The van der Waals surface area contributed by atoms with E-state index < -0.39 is 0 Å². The first-order valence-electron chi connectivity index (χ1n) is 4.89. The molecule has 88 valence electrons. The Morgan fingerprint density at radius 2 is 2.00 bits per heavy atom. The minimum atomic E-state index is -0.364. The summed E-state index contributed by atoms with van der Waals surface area (Å²) < 4.78 is 4.99. The third-order valence-corrected chi connectivity index (χ3v) is 2.84. The number of rotatable bonds is 2. The van der Waals surface area contributed by atoms with Crippen LogP contribution in [0, 0.1) is 6.92 Å². The molecule has 17 heavy (non-hydrogen) atoms. The second kappa shape index (κ2) is 4.82. The van der Waals surface area contributed by atoms with Gasteiger partial charge in [-0.05, 0) is 48.4 Å². The van der Waals surface area contributed by atoms with Crippen molar-refractivity contribution in [2.45, 2.75) is 6.92 Å². The lowest BCUT2D eigenvalue weighted by molar-refractivity contribution is 0.0997. The van der Waals surface area contributed by atoms with Crippen LogP contribution >= 0.6 is 23.2 Å². The number of anilines is 1. The zero-order valence-corrected chi connectivity index (χ0v) is 10.5. The van der Waals surface area contributed by atoms with E-state index in [1.54, 1.807) is 12.1 Å². The zero-order chi connectivity index (χ0) is 12.4. The Balaban J connectivity index is 2.15. The lowest BCUT2D eigenvalue weighted by Gasteiger charge is -2.04. The van der Waals surface area contributed by atoms with E-state index in [0.29, 0.717) is 10.7 Å². The molecule has 1 N–H and O–H groups in total. The molecule has 0 bridgehead atoms. The number of furan rings is 1. The van der Waals surface area contributed by atoms with Gasteiger partial charge in [-0.3, -0.25) is 4.79 Å². The molecule has 3 nitrogen and oxygen atoms in total. The second-order valence-electron chi connectivity index (χ2n) is 3.52. The molecular formula is C12H9Cl2NO2. The van der Waals surface area contributed by atoms with E-state index in [9.17, 15) is 4.79 Å². The highest BCUT2D eigenvalue weighted by Crippen LogP contribution is 2.21. The molecule has 0 atom stereocenters. The summed E-state index contributed by atoms with van der Waals surface area (Å²) in [6.07, 6.45) is 0. The van der Waals surface area contributed by atoms with Crippen molar-refractivity contribution in [3.05, 3.63) is 51.9 Å². The maximum atomic E-state index is 11.7. The predicted octanol–water partition coefficient (Wildman–Crippen LogP) is 4.15. The van der Waals surface area contributed by atoms with Gasteiger partial charge in [0.2, 0.25) is 0 Å². The summed E-state index contributed by atoms with van der Waals surface area (Å²) in [6, 6.07) is 8.29. The smallest absolute Gasteiger partial charge is 0.291 e. The molecule has 0 spiro atoms. The maximum Gasteiger partial charge on any atom is 0.291 e. The molecule has 1 aromatic carbocycles. The van der Waals surface area contributed by atoms with Crippen molar-refractivity contribution in [2.75, 3.05) is 5.32 Å². The van der Waals surface area contributed by atoms with E-state index in [0.717, 1.165) is 5.56 Å². The van der Waals surface area contributed by atoms with Gasteiger partial charge >= 0.3 is 0 Å². The molecule has 0 saturated carbocycles. The highest BCUT2D eigenvalue weighted by atomic mass is 35.5. The first-order chi connectivity index (χ1) is 8.06. The Bertz CT molecular complexity index is 563.